The van der Waals surface area contributed by atoms with Crippen LogP contribution in [0.5, 0.6) is 0 Å². The van der Waals surface area contributed by atoms with Crippen molar-refractivity contribution >= 4 is 5.91 Å². The summed E-state index contributed by atoms with van der Waals surface area (Å²) in [5.41, 5.74) is 5.27. The molecule has 1 rings (SSSR count). The minimum atomic E-state index is -0.459. The van der Waals surface area contributed by atoms with E-state index < -0.39 is 5.91 Å². The highest BCUT2D eigenvalue weighted by Gasteiger charge is 1.97. The number of carbonyl (C=O) groups is 1. The van der Waals surface area contributed by atoms with E-state index in [1.807, 2.05) is 13.8 Å². The summed E-state index contributed by atoms with van der Waals surface area (Å²) in [7, 11) is 0. The van der Waals surface area contributed by atoms with E-state index in [1.54, 1.807) is 0 Å². The monoisotopic (exact) mass is 141 g/mol. The zero-order chi connectivity index (χ0) is 7.98. The molecule has 3 nitrogen and oxygen atoms in total. The van der Waals surface area contributed by atoms with Crippen LogP contribution in [0.25, 0.3) is 0 Å². The molecule has 0 aliphatic rings. The highest BCUT2D eigenvalue weighted by Crippen LogP contribution is 1.96. The zero-order valence-electron chi connectivity index (χ0n) is 6.13. The van der Waals surface area contributed by atoms with E-state index in [9.17, 15) is 4.79 Å². The Bertz CT molecular complexity index is 179. The SMILES string of the molecule is CC.NC(=O)c1ccoc1. The molecule has 0 saturated heterocycles. The lowest BCUT2D eigenvalue weighted by molar-refractivity contribution is 0.0999. The first-order valence-electron chi connectivity index (χ1n) is 3.12. The second kappa shape index (κ2) is 4.61. The van der Waals surface area contributed by atoms with Crippen molar-refractivity contribution in [3.63, 3.8) is 0 Å². The molecule has 0 bridgehead atoms. The quantitative estimate of drug-likeness (QED) is 0.642. The number of rotatable bonds is 1. The molecule has 2 N–H and O–H groups in total. The molecule has 0 spiro atoms. The summed E-state index contributed by atoms with van der Waals surface area (Å²) in [5.74, 6) is -0.459. The maximum Gasteiger partial charge on any atom is 0.251 e. The minimum Gasteiger partial charge on any atom is -0.472 e. The van der Waals surface area contributed by atoms with Crippen molar-refractivity contribution in [2.75, 3.05) is 0 Å². The molecule has 56 valence electrons. The number of primary amides is 1. The van der Waals surface area contributed by atoms with Crippen LogP contribution < -0.4 is 5.73 Å². The maximum absolute atomic E-state index is 10.2. The molecule has 0 unspecified atom stereocenters. The van der Waals surface area contributed by atoms with Crippen molar-refractivity contribution in [2.45, 2.75) is 13.8 Å². The molecule has 1 aromatic heterocycles. The molecule has 0 radical (unpaired) electrons. The van der Waals surface area contributed by atoms with Crippen LogP contribution in [-0.4, -0.2) is 5.91 Å². The average Bonchev–Trinajstić information content (AvgIpc) is 2.42. The molecule has 3 heteroatoms. The lowest BCUT2D eigenvalue weighted by Crippen LogP contribution is -2.08. The summed E-state index contributed by atoms with van der Waals surface area (Å²) in [6.45, 7) is 4.00. The predicted octanol–water partition coefficient (Wildman–Crippen LogP) is 1.40. The van der Waals surface area contributed by atoms with E-state index >= 15 is 0 Å². The van der Waals surface area contributed by atoms with Crippen molar-refractivity contribution < 1.29 is 9.21 Å². The van der Waals surface area contributed by atoms with Crippen LogP contribution in [0.4, 0.5) is 0 Å². The molecule has 1 heterocycles. The standard InChI is InChI=1S/C5H5NO2.C2H6/c6-5(7)4-1-2-8-3-4;1-2/h1-3H,(H2,6,7);1-2H3. The first kappa shape index (κ1) is 8.75. The van der Waals surface area contributed by atoms with Gasteiger partial charge in [0.1, 0.15) is 6.26 Å². The summed E-state index contributed by atoms with van der Waals surface area (Å²) >= 11 is 0. The Morgan fingerprint density at radius 3 is 2.40 bits per heavy atom. The number of nitrogens with two attached hydrogens (primary N) is 1. The van der Waals surface area contributed by atoms with E-state index in [1.165, 1.54) is 18.6 Å². The third kappa shape index (κ3) is 2.35. The lowest BCUT2D eigenvalue weighted by atomic mass is 10.3. The summed E-state index contributed by atoms with van der Waals surface area (Å²) < 4.78 is 4.57. The molecule has 0 aliphatic carbocycles. The molecule has 1 aromatic rings. The smallest absolute Gasteiger partial charge is 0.251 e. The summed E-state index contributed by atoms with van der Waals surface area (Å²) in [4.78, 5) is 10.2. The molecule has 1 amide bonds. The molecule has 0 saturated carbocycles. The van der Waals surface area contributed by atoms with Gasteiger partial charge >= 0.3 is 0 Å². The fourth-order valence-corrected chi connectivity index (χ4v) is 0.405. The van der Waals surface area contributed by atoms with Crippen LogP contribution in [0, 0.1) is 0 Å². The van der Waals surface area contributed by atoms with Gasteiger partial charge in [0.25, 0.3) is 5.91 Å². The van der Waals surface area contributed by atoms with Crippen molar-refractivity contribution in [1.29, 1.82) is 0 Å². The summed E-state index contributed by atoms with van der Waals surface area (Å²) in [6.07, 6.45) is 2.71. The second-order valence-electron chi connectivity index (χ2n) is 1.38. The zero-order valence-corrected chi connectivity index (χ0v) is 6.13. The predicted molar refractivity (Wildman–Crippen MR) is 38.6 cm³/mol. The maximum atomic E-state index is 10.2. The van der Waals surface area contributed by atoms with Crippen molar-refractivity contribution in [3.05, 3.63) is 24.2 Å². The highest BCUT2D eigenvalue weighted by atomic mass is 16.3. The van der Waals surface area contributed by atoms with E-state index in [-0.39, 0.29) is 0 Å². The van der Waals surface area contributed by atoms with Crippen LogP contribution in [-0.2, 0) is 0 Å². The summed E-state index contributed by atoms with van der Waals surface area (Å²) in [5, 5.41) is 0. The Morgan fingerprint density at radius 1 is 1.60 bits per heavy atom. The average molecular weight is 141 g/mol. The van der Waals surface area contributed by atoms with Gasteiger partial charge in [-0.05, 0) is 6.07 Å². The number of hydrogen-bond acceptors (Lipinski definition) is 2. The van der Waals surface area contributed by atoms with Gasteiger partial charge in [-0.15, -0.1) is 0 Å². The largest absolute Gasteiger partial charge is 0.472 e. The van der Waals surface area contributed by atoms with E-state index in [2.05, 4.69) is 4.42 Å². The Morgan fingerprint density at radius 2 is 2.20 bits per heavy atom. The number of hydrogen-bond donors (Lipinski definition) is 1. The van der Waals surface area contributed by atoms with Gasteiger partial charge < -0.3 is 10.2 Å². The minimum absolute atomic E-state index is 0.407. The number of carbonyl (C=O) groups excluding carboxylic acids is 1. The summed E-state index contributed by atoms with van der Waals surface area (Å²) in [6, 6.07) is 1.52. The molecular formula is C7H11NO2. The van der Waals surface area contributed by atoms with Gasteiger partial charge in [-0.2, -0.15) is 0 Å². The van der Waals surface area contributed by atoms with E-state index in [0.29, 0.717) is 5.56 Å². The number of furan rings is 1. The molecular weight excluding hydrogens is 130 g/mol. The van der Waals surface area contributed by atoms with E-state index in [4.69, 9.17) is 5.73 Å². The Hall–Kier alpha value is -1.25. The lowest BCUT2D eigenvalue weighted by Gasteiger charge is -1.78. The van der Waals surface area contributed by atoms with Gasteiger partial charge in [0.2, 0.25) is 0 Å². The van der Waals surface area contributed by atoms with Gasteiger partial charge in [0, 0.05) is 0 Å². The first-order chi connectivity index (χ1) is 4.80. The van der Waals surface area contributed by atoms with Crippen LogP contribution in [0.3, 0.4) is 0 Å². The normalized spacial score (nSPS) is 7.80. The van der Waals surface area contributed by atoms with Crippen molar-refractivity contribution in [3.8, 4) is 0 Å². The van der Waals surface area contributed by atoms with Crippen LogP contribution in [0.2, 0.25) is 0 Å². The van der Waals surface area contributed by atoms with Crippen LogP contribution in [0.1, 0.15) is 24.2 Å². The van der Waals surface area contributed by atoms with Crippen molar-refractivity contribution in [2.24, 2.45) is 5.73 Å². The molecule has 0 atom stereocenters. The van der Waals surface area contributed by atoms with Crippen LogP contribution in [0.15, 0.2) is 23.0 Å². The van der Waals surface area contributed by atoms with Gasteiger partial charge in [-0.1, -0.05) is 13.8 Å². The van der Waals surface area contributed by atoms with Gasteiger partial charge in [0.15, 0.2) is 0 Å². The molecule has 0 aromatic carbocycles. The molecule has 0 aliphatic heterocycles. The van der Waals surface area contributed by atoms with Crippen molar-refractivity contribution in [1.82, 2.24) is 0 Å². The van der Waals surface area contributed by atoms with Crippen LogP contribution >= 0.6 is 0 Å². The Labute approximate surface area is 59.8 Å². The first-order valence-corrected chi connectivity index (χ1v) is 3.12. The topological polar surface area (TPSA) is 56.2 Å². The highest BCUT2D eigenvalue weighted by molar-refractivity contribution is 5.92. The number of amides is 1. The van der Waals surface area contributed by atoms with Gasteiger partial charge in [-0.25, -0.2) is 0 Å². The Balaban J connectivity index is 0.000000371. The van der Waals surface area contributed by atoms with E-state index in [0.717, 1.165) is 0 Å². The van der Waals surface area contributed by atoms with Gasteiger partial charge in [-0.3, -0.25) is 4.79 Å². The molecule has 0 fully saturated rings. The second-order valence-corrected chi connectivity index (χ2v) is 1.38. The molecule has 10 heavy (non-hydrogen) atoms. The van der Waals surface area contributed by atoms with Gasteiger partial charge in [0.05, 0.1) is 11.8 Å². The fraction of sp³-hybridized carbons (Fsp3) is 0.286. The Kier molecular flexibility index (Phi) is 4.04. The third-order valence-electron chi connectivity index (χ3n) is 0.806. The third-order valence-corrected chi connectivity index (χ3v) is 0.806. The fourth-order valence-electron chi connectivity index (χ4n) is 0.405.